The number of carbonyl (C=O) groups excluding carboxylic acids is 1. The summed E-state index contributed by atoms with van der Waals surface area (Å²) in [6.07, 6.45) is 2.50. The van der Waals surface area contributed by atoms with Crippen molar-refractivity contribution in [3.8, 4) is 0 Å². The van der Waals surface area contributed by atoms with E-state index >= 15 is 0 Å². The van der Waals surface area contributed by atoms with Gasteiger partial charge in [-0.15, -0.1) is 0 Å². The van der Waals surface area contributed by atoms with E-state index in [4.69, 9.17) is 11.6 Å². The summed E-state index contributed by atoms with van der Waals surface area (Å²) in [5, 5.41) is 12.1. The zero-order valence-electron chi connectivity index (χ0n) is 9.83. The number of benzene rings is 1. The number of hydrogen-bond acceptors (Lipinski definition) is 2. The molecule has 1 aromatic rings. The number of carbonyl (C=O) groups is 1. The lowest BCUT2D eigenvalue weighted by atomic mass is 9.93. The molecule has 2 rings (SSSR count). The van der Waals surface area contributed by atoms with Crippen LogP contribution in [0.2, 0.25) is 5.02 Å². The van der Waals surface area contributed by atoms with Crippen molar-refractivity contribution in [3.63, 3.8) is 0 Å². The van der Waals surface area contributed by atoms with Crippen LogP contribution >= 0.6 is 11.6 Å². The van der Waals surface area contributed by atoms with Crippen LogP contribution in [-0.2, 0) is 0 Å². The number of rotatable bonds is 2. The van der Waals surface area contributed by atoms with Crippen LogP contribution in [0, 0.1) is 5.82 Å². The lowest BCUT2D eigenvalue weighted by molar-refractivity contribution is 0.0864. The van der Waals surface area contributed by atoms with E-state index in [2.05, 4.69) is 5.32 Å². The SMILES string of the molecule is O=C(NC1CCC(O)CC1)c1cccc(Cl)c1F. The average molecular weight is 272 g/mol. The smallest absolute Gasteiger partial charge is 0.254 e. The van der Waals surface area contributed by atoms with Crippen LogP contribution in [0.25, 0.3) is 0 Å². The molecule has 5 heteroatoms. The Bertz CT molecular complexity index is 445. The molecule has 0 atom stereocenters. The minimum atomic E-state index is -0.687. The van der Waals surface area contributed by atoms with E-state index in [1.165, 1.54) is 12.1 Å². The zero-order chi connectivity index (χ0) is 13.1. The number of aliphatic hydroxyl groups excluding tert-OH is 1. The molecule has 0 aromatic heterocycles. The van der Waals surface area contributed by atoms with Gasteiger partial charge in [0.15, 0.2) is 5.82 Å². The number of amides is 1. The summed E-state index contributed by atoms with van der Waals surface area (Å²) in [5.74, 6) is -1.14. The van der Waals surface area contributed by atoms with E-state index in [-0.39, 0.29) is 22.7 Å². The maximum absolute atomic E-state index is 13.6. The van der Waals surface area contributed by atoms with Gasteiger partial charge < -0.3 is 10.4 Å². The molecule has 1 saturated carbocycles. The van der Waals surface area contributed by atoms with Crippen LogP contribution in [0.5, 0.6) is 0 Å². The quantitative estimate of drug-likeness (QED) is 0.868. The second kappa shape index (κ2) is 5.67. The van der Waals surface area contributed by atoms with Gasteiger partial charge in [0.2, 0.25) is 0 Å². The molecule has 2 N–H and O–H groups in total. The Morgan fingerprint density at radius 2 is 2.00 bits per heavy atom. The molecule has 3 nitrogen and oxygen atoms in total. The van der Waals surface area contributed by atoms with Crippen LogP contribution in [0.1, 0.15) is 36.0 Å². The van der Waals surface area contributed by atoms with Crippen molar-refractivity contribution < 1.29 is 14.3 Å². The molecule has 0 spiro atoms. The zero-order valence-corrected chi connectivity index (χ0v) is 10.6. The van der Waals surface area contributed by atoms with Gasteiger partial charge >= 0.3 is 0 Å². The van der Waals surface area contributed by atoms with E-state index < -0.39 is 11.7 Å². The van der Waals surface area contributed by atoms with Crippen LogP contribution in [0.4, 0.5) is 4.39 Å². The van der Waals surface area contributed by atoms with Gasteiger partial charge in [-0.2, -0.15) is 0 Å². The second-order valence-corrected chi connectivity index (χ2v) is 4.99. The van der Waals surface area contributed by atoms with Gasteiger partial charge in [0.25, 0.3) is 5.91 Å². The molecule has 1 aliphatic carbocycles. The molecular weight excluding hydrogens is 257 g/mol. The highest BCUT2D eigenvalue weighted by atomic mass is 35.5. The van der Waals surface area contributed by atoms with E-state index in [0.717, 1.165) is 12.8 Å². The monoisotopic (exact) mass is 271 g/mol. The number of halogens is 2. The highest BCUT2D eigenvalue weighted by molar-refractivity contribution is 6.31. The normalized spacial score (nSPS) is 23.7. The van der Waals surface area contributed by atoms with Crippen molar-refractivity contribution in [2.75, 3.05) is 0 Å². The fourth-order valence-corrected chi connectivity index (χ4v) is 2.34. The summed E-state index contributed by atoms with van der Waals surface area (Å²) in [7, 11) is 0. The molecule has 1 aliphatic rings. The first-order chi connectivity index (χ1) is 8.58. The molecule has 0 saturated heterocycles. The molecule has 0 heterocycles. The number of nitrogens with one attached hydrogen (secondary N) is 1. The lowest BCUT2D eigenvalue weighted by Gasteiger charge is -2.26. The third-order valence-electron chi connectivity index (χ3n) is 3.23. The predicted octanol–water partition coefficient (Wildman–Crippen LogP) is 2.51. The van der Waals surface area contributed by atoms with Crippen LogP contribution < -0.4 is 5.32 Å². The Morgan fingerprint density at radius 1 is 1.33 bits per heavy atom. The third-order valence-corrected chi connectivity index (χ3v) is 3.52. The Labute approximate surface area is 110 Å². The van der Waals surface area contributed by atoms with E-state index in [0.29, 0.717) is 12.8 Å². The van der Waals surface area contributed by atoms with Crippen molar-refractivity contribution in [3.05, 3.63) is 34.6 Å². The summed E-state index contributed by atoms with van der Waals surface area (Å²) in [5.41, 5.74) is -0.0337. The molecule has 0 radical (unpaired) electrons. The molecule has 1 fully saturated rings. The lowest BCUT2D eigenvalue weighted by Crippen LogP contribution is -2.38. The van der Waals surface area contributed by atoms with E-state index in [1.54, 1.807) is 6.07 Å². The summed E-state index contributed by atoms with van der Waals surface area (Å²) in [6.45, 7) is 0. The Balaban J connectivity index is 2.01. The molecule has 98 valence electrons. The fourth-order valence-electron chi connectivity index (χ4n) is 2.16. The van der Waals surface area contributed by atoms with Gasteiger partial charge in [-0.25, -0.2) is 4.39 Å². The van der Waals surface area contributed by atoms with Gasteiger partial charge in [0.05, 0.1) is 16.7 Å². The largest absolute Gasteiger partial charge is 0.393 e. The molecule has 18 heavy (non-hydrogen) atoms. The number of hydrogen-bond donors (Lipinski definition) is 2. The highest BCUT2D eigenvalue weighted by Crippen LogP contribution is 2.21. The van der Waals surface area contributed by atoms with Gasteiger partial charge in [-0.3, -0.25) is 4.79 Å². The Morgan fingerprint density at radius 3 is 2.67 bits per heavy atom. The van der Waals surface area contributed by atoms with Crippen LogP contribution in [-0.4, -0.2) is 23.2 Å². The minimum absolute atomic E-state index is 0.000665. The Hall–Kier alpha value is -1.13. The van der Waals surface area contributed by atoms with E-state index in [9.17, 15) is 14.3 Å². The summed E-state index contributed by atoms with van der Waals surface area (Å²) in [4.78, 5) is 11.9. The topological polar surface area (TPSA) is 49.3 Å². The first-order valence-electron chi connectivity index (χ1n) is 6.01. The maximum Gasteiger partial charge on any atom is 0.254 e. The van der Waals surface area contributed by atoms with Gasteiger partial charge in [-0.05, 0) is 37.8 Å². The molecule has 1 aromatic carbocycles. The Kier molecular flexibility index (Phi) is 4.19. The van der Waals surface area contributed by atoms with Gasteiger partial charge in [-0.1, -0.05) is 17.7 Å². The summed E-state index contributed by atoms with van der Waals surface area (Å²) in [6, 6.07) is 4.36. The van der Waals surface area contributed by atoms with Crippen LogP contribution in [0.3, 0.4) is 0 Å². The molecule has 0 aliphatic heterocycles. The van der Waals surface area contributed by atoms with Crippen molar-refractivity contribution in [2.45, 2.75) is 37.8 Å². The number of aliphatic hydroxyl groups is 1. The average Bonchev–Trinajstić information content (AvgIpc) is 2.35. The van der Waals surface area contributed by atoms with Crippen molar-refractivity contribution in [1.29, 1.82) is 0 Å². The standard InChI is InChI=1S/C13H15ClFNO2/c14-11-3-1-2-10(12(11)15)13(18)16-8-4-6-9(17)7-5-8/h1-3,8-9,17H,4-7H2,(H,16,18). The van der Waals surface area contributed by atoms with Crippen LogP contribution in [0.15, 0.2) is 18.2 Å². The highest BCUT2D eigenvalue weighted by Gasteiger charge is 2.22. The molecule has 1 amide bonds. The van der Waals surface area contributed by atoms with Gasteiger partial charge in [0, 0.05) is 6.04 Å². The van der Waals surface area contributed by atoms with E-state index in [1.807, 2.05) is 0 Å². The second-order valence-electron chi connectivity index (χ2n) is 4.58. The van der Waals surface area contributed by atoms with Gasteiger partial charge in [0.1, 0.15) is 0 Å². The first kappa shape index (κ1) is 13.3. The fraction of sp³-hybridized carbons (Fsp3) is 0.462. The molecule has 0 unspecified atom stereocenters. The minimum Gasteiger partial charge on any atom is -0.393 e. The maximum atomic E-state index is 13.6. The third kappa shape index (κ3) is 3.00. The summed E-state index contributed by atoms with van der Waals surface area (Å²) < 4.78 is 13.6. The van der Waals surface area contributed by atoms with Crippen molar-refractivity contribution in [2.24, 2.45) is 0 Å². The van der Waals surface area contributed by atoms with Crippen molar-refractivity contribution >= 4 is 17.5 Å². The predicted molar refractivity (Wildman–Crippen MR) is 67.1 cm³/mol. The summed E-state index contributed by atoms with van der Waals surface area (Å²) >= 11 is 5.63. The van der Waals surface area contributed by atoms with Crippen molar-refractivity contribution in [1.82, 2.24) is 5.32 Å². The molecular formula is C13H15ClFNO2. The first-order valence-corrected chi connectivity index (χ1v) is 6.38. The molecule has 0 bridgehead atoms.